The van der Waals surface area contributed by atoms with Gasteiger partial charge in [0, 0.05) is 0 Å². The molecular formula is C15H18O3. The van der Waals surface area contributed by atoms with Crippen LogP contribution in [0.2, 0.25) is 0 Å². The predicted octanol–water partition coefficient (Wildman–Crippen LogP) is 2.91. The molecule has 0 radical (unpaired) electrons. The van der Waals surface area contributed by atoms with E-state index in [0.717, 1.165) is 5.56 Å². The van der Waals surface area contributed by atoms with Crippen LogP contribution in [0.15, 0.2) is 30.3 Å². The van der Waals surface area contributed by atoms with Gasteiger partial charge >= 0.3 is 5.97 Å². The highest BCUT2D eigenvalue weighted by Gasteiger charge is 2.50. The van der Waals surface area contributed by atoms with Gasteiger partial charge in [0.2, 0.25) is 0 Å². The molecule has 1 aliphatic heterocycles. The summed E-state index contributed by atoms with van der Waals surface area (Å²) in [5, 5.41) is 0. The highest BCUT2D eigenvalue weighted by atomic mass is 16.5. The SMILES string of the molecule is CC[C@H]1C(=O)O[C@H](c2ccccc2)C(C)(C)C1=O. The molecule has 3 heteroatoms. The Bertz CT molecular complexity index is 462. The van der Waals surface area contributed by atoms with Crippen LogP contribution >= 0.6 is 0 Å². The van der Waals surface area contributed by atoms with E-state index in [-0.39, 0.29) is 5.78 Å². The number of ether oxygens (including phenoxy) is 1. The average Bonchev–Trinajstić information content (AvgIpc) is 2.36. The zero-order valence-electron chi connectivity index (χ0n) is 11.0. The largest absolute Gasteiger partial charge is 0.456 e. The summed E-state index contributed by atoms with van der Waals surface area (Å²) in [6, 6.07) is 9.45. The molecule has 1 heterocycles. The molecule has 0 unspecified atom stereocenters. The van der Waals surface area contributed by atoms with Crippen LogP contribution in [0.5, 0.6) is 0 Å². The van der Waals surface area contributed by atoms with Crippen LogP contribution in [-0.2, 0) is 14.3 Å². The number of esters is 1. The van der Waals surface area contributed by atoms with Crippen LogP contribution in [-0.4, -0.2) is 11.8 Å². The summed E-state index contributed by atoms with van der Waals surface area (Å²) in [6.07, 6.45) is 0.0179. The summed E-state index contributed by atoms with van der Waals surface area (Å²) in [6.45, 7) is 5.53. The molecule has 1 aromatic carbocycles. The summed E-state index contributed by atoms with van der Waals surface area (Å²) >= 11 is 0. The van der Waals surface area contributed by atoms with Gasteiger partial charge in [-0.05, 0) is 25.8 Å². The molecule has 18 heavy (non-hydrogen) atoms. The minimum Gasteiger partial charge on any atom is -0.456 e. The first kappa shape index (κ1) is 12.8. The highest BCUT2D eigenvalue weighted by molar-refractivity contribution is 6.04. The fraction of sp³-hybridized carbons (Fsp3) is 0.467. The van der Waals surface area contributed by atoms with Crippen molar-refractivity contribution in [3.05, 3.63) is 35.9 Å². The van der Waals surface area contributed by atoms with E-state index in [1.54, 1.807) is 0 Å². The Balaban J connectivity index is 2.39. The Morgan fingerprint density at radius 2 is 1.78 bits per heavy atom. The number of carbonyl (C=O) groups is 2. The zero-order valence-corrected chi connectivity index (χ0v) is 11.0. The number of hydrogen-bond donors (Lipinski definition) is 0. The first-order valence-corrected chi connectivity index (χ1v) is 6.28. The maximum absolute atomic E-state index is 12.4. The maximum Gasteiger partial charge on any atom is 0.317 e. The molecule has 1 fully saturated rings. The molecule has 1 aliphatic rings. The maximum atomic E-state index is 12.4. The zero-order chi connectivity index (χ0) is 13.3. The van der Waals surface area contributed by atoms with Crippen molar-refractivity contribution < 1.29 is 14.3 Å². The minimum absolute atomic E-state index is 0.0184. The number of Topliss-reactive ketones (excluding diaryl/α,β-unsaturated/α-hetero) is 1. The van der Waals surface area contributed by atoms with E-state index < -0.39 is 23.4 Å². The predicted molar refractivity (Wildman–Crippen MR) is 67.8 cm³/mol. The van der Waals surface area contributed by atoms with Crippen molar-refractivity contribution in [1.82, 2.24) is 0 Å². The van der Waals surface area contributed by atoms with E-state index in [0.29, 0.717) is 6.42 Å². The van der Waals surface area contributed by atoms with E-state index in [1.165, 1.54) is 0 Å². The van der Waals surface area contributed by atoms with Crippen molar-refractivity contribution in [2.45, 2.75) is 33.3 Å². The van der Waals surface area contributed by atoms with Gasteiger partial charge < -0.3 is 4.74 Å². The molecule has 1 saturated heterocycles. The topological polar surface area (TPSA) is 43.4 Å². The number of ketones is 1. The molecular weight excluding hydrogens is 228 g/mol. The van der Waals surface area contributed by atoms with Crippen LogP contribution in [0.1, 0.15) is 38.9 Å². The molecule has 96 valence electrons. The molecule has 3 nitrogen and oxygen atoms in total. The van der Waals surface area contributed by atoms with Crippen molar-refractivity contribution >= 4 is 11.8 Å². The van der Waals surface area contributed by atoms with Gasteiger partial charge in [-0.15, -0.1) is 0 Å². The number of benzene rings is 1. The molecule has 0 saturated carbocycles. The fourth-order valence-electron chi connectivity index (χ4n) is 2.50. The van der Waals surface area contributed by atoms with Crippen molar-refractivity contribution in [2.75, 3.05) is 0 Å². The van der Waals surface area contributed by atoms with Gasteiger partial charge in [-0.3, -0.25) is 9.59 Å². The van der Waals surface area contributed by atoms with Gasteiger partial charge in [0.1, 0.15) is 12.0 Å². The summed E-state index contributed by atoms with van der Waals surface area (Å²) in [4.78, 5) is 24.2. The molecule has 0 N–H and O–H groups in total. The monoisotopic (exact) mass is 246 g/mol. The smallest absolute Gasteiger partial charge is 0.317 e. The lowest BCUT2D eigenvalue weighted by Gasteiger charge is -2.39. The normalized spacial score (nSPS) is 26.8. The van der Waals surface area contributed by atoms with Crippen LogP contribution in [0.4, 0.5) is 0 Å². The quantitative estimate of drug-likeness (QED) is 0.595. The first-order valence-electron chi connectivity index (χ1n) is 6.28. The molecule has 1 aromatic rings. The molecule has 0 amide bonds. The third kappa shape index (κ3) is 1.94. The van der Waals surface area contributed by atoms with Gasteiger partial charge in [-0.2, -0.15) is 0 Å². The molecule has 2 atom stereocenters. The van der Waals surface area contributed by atoms with Gasteiger partial charge in [0.15, 0.2) is 5.78 Å². The lowest BCUT2D eigenvalue weighted by Crippen LogP contribution is -2.47. The standard InChI is InChI=1S/C15H18O3/c1-4-11-12(16)15(2,3)13(18-14(11)17)10-8-6-5-7-9-10/h5-9,11,13H,4H2,1-3H3/t11-,13-/m1/s1. The van der Waals surface area contributed by atoms with Crippen LogP contribution in [0.25, 0.3) is 0 Å². The molecule has 0 aliphatic carbocycles. The second-order valence-corrected chi connectivity index (χ2v) is 5.27. The van der Waals surface area contributed by atoms with Crippen LogP contribution in [0.3, 0.4) is 0 Å². The number of rotatable bonds is 2. The Morgan fingerprint density at radius 1 is 1.17 bits per heavy atom. The average molecular weight is 246 g/mol. The first-order chi connectivity index (χ1) is 8.48. The van der Waals surface area contributed by atoms with E-state index >= 15 is 0 Å². The van der Waals surface area contributed by atoms with Crippen LogP contribution in [0, 0.1) is 11.3 Å². The Labute approximate surface area is 107 Å². The van der Waals surface area contributed by atoms with E-state index in [9.17, 15) is 9.59 Å². The van der Waals surface area contributed by atoms with Gasteiger partial charge in [-0.1, -0.05) is 37.3 Å². The van der Waals surface area contributed by atoms with Crippen molar-refractivity contribution in [3.63, 3.8) is 0 Å². The number of hydrogen-bond acceptors (Lipinski definition) is 3. The highest BCUT2D eigenvalue weighted by Crippen LogP contribution is 2.44. The Hall–Kier alpha value is -1.64. The third-order valence-electron chi connectivity index (χ3n) is 3.64. The third-order valence-corrected chi connectivity index (χ3v) is 3.64. The van der Waals surface area contributed by atoms with Crippen LogP contribution < -0.4 is 0 Å². The summed E-state index contributed by atoms with van der Waals surface area (Å²) in [5.74, 6) is -1.02. The molecule has 0 spiro atoms. The lowest BCUT2D eigenvalue weighted by atomic mass is 9.72. The molecule has 2 rings (SSSR count). The second kappa shape index (κ2) is 4.56. The summed E-state index contributed by atoms with van der Waals surface area (Å²) in [5.41, 5.74) is 0.203. The molecule has 0 aromatic heterocycles. The van der Waals surface area contributed by atoms with Gasteiger partial charge in [0.25, 0.3) is 0 Å². The van der Waals surface area contributed by atoms with Gasteiger partial charge in [-0.25, -0.2) is 0 Å². The summed E-state index contributed by atoms with van der Waals surface area (Å²) in [7, 11) is 0. The van der Waals surface area contributed by atoms with E-state index in [1.807, 2.05) is 51.1 Å². The lowest BCUT2D eigenvalue weighted by molar-refractivity contribution is -0.178. The Kier molecular flexibility index (Phi) is 3.24. The van der Waals surface area contributed by atoms with Crippen molar-refractivity contribution in [1.29, 1.82) is 0 Å². The van der Waals surface area contributed by atoms with Crippen molar-refractivity contribution in [3.8, 4) is 0 Å². The number of carbonyl (C=O) groups excluding carboxylic acids is 2. The van der Waals surface area contributed by atoms with Crippen molar-refractivity contribution in [2.24, 2.45) is 11.3 Å². The van der Waals surface area contributed by atoms with E-state index in [4.69, 9.17) is 4.74 Å². The second-order valence-electron chi connectivity index (χ2n) is 5.27. The summed E-state index contributed by atoms with van der Waals surface area (Å²) < 4.78 is 5.50. The molecule has 0 bridgehead atoms. The minimum atomic E-state index is -0.671. The Morgan fingerprint density at radius 3 is 2.33 bits per heavy atom. The number of cyclic esters (lactones) is 1. The fourth-order valence-corrected chi connectivity index (χ4v) is 2.50. The van der Waals surface area contributed by atoms with Gasteiger partial charge in [0.05, 0.1) is 5.41 Å². The van der Waals surface area contributed by atoms with E-state index in [2.05, 4.69) is 0 Å².